The summed E-state index contributed by atoms with van der Waals surface area (Å²) < 4.78 is 6.63. The van der Waals surface area contributed by atoms with E-state index in [2.05, 4.69) is 35.1 Å². The molecule has 0 radical (unpaired) electrons. The van der Waals surface area contributed by atoms with Crippen LogP contribution < -0.4 is 10.1 Å². The third-order valence-corrected chi connectivity index (χ3v) is 3.66. The van der Waals surface area contributed by atoms with E-state index in [4.69, 9.17) is 4.74 Å². The fourth-order valence-corrected chi connectivity index (χ4v) is 2.29. The first-order valence-corrected chi connectivity index (χ1v) is 8.14. The van der Waals surface area contributed by atoms with E-state index in [1.165, 1.54) is 0 Å². The molecule has 4 heteroatoms. The number of amides is 1. The van der Waals surface area contributed by atoms with Gasteiger partial charge in [-0.3, -0.25) is 4.79 Å². The van der Waals surface area contributed by atoms with Crippen molar-refractivity contribution in [2.75, 3.05) is 11.9 Å². The Morgan fingerprint density at radius 2 is 1.91 bits per heavy atom. The van der Waals surface area contributed by atoms with Crippen LogP contribution in [0.1, 0.15) is 30.6 Å². The molecule has 0 spiro atoms. The van der Waals surface area contributed by atoms with Crippen LogP contribution in [0.15, 0.2) is 53.0 Å². The van der Waals surface area contributed by atoms with Crippen LogP contribution in [0.2, 0.25) is 0 Å². The van der Waals surface area contributed by atoms with Crippen molar-refractivity contribution in [3.8, 4) is 5.75 Å². The van der Waals surface area contributed by atoms with Gasteiger partial charge in [0.05, 0.1) is 12.2 Å². The predicted molar refractivity (Wildman–Crippen MR) is 93.5 cm³/mol. The third kappa shape index (κ3) is 4.88. The lowest BCUT2D eigenvalue weighted by Crippen LogP contribution is -2.14. The summed E-state index contributed by atoms with van der Waals surface area (Å²) in [6, 6.07) is 14.9. The second-order valence-electron chi connectivity index (χ2n) is 5.49. The molecule has 0 saturated carbocycles. The second kappa shape index (κ2) is 7.99. The molecule has 0 saturated heterocycles. The van der Waals surface area contributed by atoms with Gasteiger partial charge in [-0.25, -0.2) is 0 Å². The number of hydrogen-bond donors (Lipinski definition) is 1. The minimum atomic E-state index is -0.174. The summed E-state index contributed by atoms with van der Waals surface area (Å²) in [6.07, 6.45) is 0.954. The number of carbonyl (C=O) groups excluding carboxylic acids is 1. The molecule has 0 aliphatic heterocycles. The number of anilines is 1. The van der Waals surface area contributed by atoms with Gasteiger partial charge in [0.25, 0.3) is 5.91 Å². The first-order chi connectivity index (χ1) is 10.6. The maximum absolute atomic E-state index is 12.5. The fraction of sp³-hybridized carbons (Fsp3) is 0.278. The van der Waals surface area contributed by atoms with Gasteiger partial charge >= 0.3 is 0 Å². The molecule has 0 atom stereocenters. The summed E-state index contributed by atoms with van der Waals surface area (Å²) >= 11 is 3.41. The minimum Gasteiger partial charge on any atom is -0.493 e. The highest BCUT2D eigenvalue weighted by molar-refractivity contribution is 9.10. The average molecular weight is 362 g/mol. The van der Waals surface area contributed by atoms with Gasteiger partial charge in [0.15, 0.2) is 0 Å². The fourth-order valence-electron chi connectivity index (χ4n) is 1.93. The van der Waals surface area contributed by atoms with Gasteiger partial charge in [0.1, 0.15) is 5.75 Å². The van der Waals surface area contributed by atoms with Crippen LogP contribution in [-0.2, 0) is 0 Å². The number of rotatable bonds is 6. The molecule has 0 aliphatic carbocycles. The number of benzene rings is 2. The first-order valence-electron chi connectivity index (χ1n) is 7.35. The predicted octanol–water partition coefficient (Wildman–Crippen LogP) is 5.13. The van der Waals surface area contributed by atoms with E-state index in [1.54, 1.807) is 6.07 Å². The Kier molecular flexibility index (Phi) is 6.01. The normalized spacial score (nSPS) is 10.5. The number of nitrogens with one attached hydrogen (secondary N) is 1. The lowest BCUT2D eigenvalue weighted by molar-refractivity contribution is 0.102. The zero-order valence-corrected chi connectivity index (χ0v) is 14.4. The smallest absolute Gasteiger partial charge is 0.259 e. The van der Waals surface area contributed by atoms with Crippen molar-refractivity contribution in [2.45, 2.75) is 20.3 Å². The zero-order chi connectivity index (χ0) is 15.9. The van der Waals surface area contributed by atoms with Crippen molar-refractivity contribution >= 4 is 27.5 Å². The second-order valence-corrected chi connectivity index (χ2v) is 6.41. The number of hydrogen-bond acceptors (Lipinski definition) is 2. The SMILES string of the molecule is CC(C)CCOc1ccc(Br)cc1C(=O)Nc1ccccc1. The van der Waals surface area contributed by atoms with Crippen molar-refractivity contribution in [1.29, 1.82) is 0 Å². The molecule has 2 rings (SSSR count). The quantitative estimate of drug-likeness (QED) is 0.774. The van der Waals surface area contributed by atoms with Gasteiger partial charge in [0.2, 0.25) is 0 Å². The van der Waals surface area contributed by atoms with Crippen LogP contribution in [0, 0.1) is 5.92 Å². The summed E-state index contributed by atoms with van der Waals surface area (Å²) in [6.45, 7) is 4.90. The molecule has 2 aromatic carbocycles. The maximum Gasteiger partial charge on any atom is 0.259 e. The van der Waals surface area contributed by atoms with Crippen LogP contribution in [0.25, 0.3) is 0 Å². The number of halogens is 1. The van der Waals surface area contributed by atoms with Gasteiger partial charge in [-0.15, -0.1) is 0 Å². The van der Waals surface area contributed by atoms with Crippen LogP contribution in [-0.4, -0.2) is 12.5 Å². The average Bonchev–Trinajstić information content (AvgIpc) is 2.49. The molecular weight excluding hydrogens is 342 g/mol. The molecule has 0 bridgehead atoms. The monoisotopic (exact) mass is 361 g/mol. The largest absolute Gasteiger partial charge is 0.493 e. The Hall–Kier alpha value is -1.81. The first kappa shape index (κ1) is 16.6. The molecule has 0 heterocycles. The Labute approximate surface area is 139 Å². The van der Waals surface area contributed by atoms with Crippen molar-refractivity contribution in [3.05, 3.63) is 58.6 Å². The summed E-state index contributed by atoms with van der Waals surface area (Å²) in [5.74, 6) is 1.00. The molecule has 0 aliphatic rings. The van der Waals surface area contributed by atoms with E-state index in [0.717, 1.165) is 16.6 Å². The summed E-state index contributed by atoms with van der Waals surface area (Å²) in [5.41, 5.74) is 1.29. The van der Waals surface area contributed by atoms with Crippen molar-refractivity contribution in [2.24, 2.45) is 5.92 Å². The van der Waals surface area contributed by atoms with E-state index in [1.807, 2.05) is 42.5 Å². The van der Waals surface area contributed by atoms with Crippen LogP contribution >= 0.6 is 15.9 Å². The van der Waals surface area contributed by atoms with Crippen molar-refractivity contribution < 1.29 is 9.53 Å². The Morgan fingerprint density at radius 1 is 1.18 bits per heavy atom. The molecule has 1 N–H and O–H groups in total. The number of ether oxygens (including phenoxy) is 1. The van der Waals surface area contributed by atoms with E-state index in [9.17, 15) is 4.79 Å². The summed E-state index contributed by atoms with van der Waals surface area (Å²) in [7, 11) is 0. The topological polar surface area (TPSA) is 38.3 Å². The maximum atomic E-state index is 12.5. The highest BCUT2D eigenvalue weighted by Crippen LogP contribution is 2.25. The molecule has 22 heavy (non-hydrogen) atoms. The summed E-state index contributed by atoms with van der Waals surface area (Å²) in [4.78, 5) is 12.5. The van der Waals surface area contributed by atoms with Gasteiger partial charge in [-0.1, -0.05) is 48.0 Å². The van der Waals surface area contributed by atoms with Gasteiger partial charge in [-0.05, 0) is 42.7 Å². The summed E-state index contributed by atoms with van der Waals surface area (Å²) in [5, 5.41) is 2.89. The molecular formula is C18H20BrNO2. The van der Waals surface area contributed by atoms with Crippen molar-refractivity contribution in [3.63, 3.8) is 0 Å². The molecule has 0 aromatic heterocycles. The zero-order valence-electron chi connectivity index (χ0n) is 12.8. The molecule has 116 valence electrons. The van der Waals surface area contributed by atoms with Crippen molar-refractivity contribution in [1.82, 2.24) is 0 Å². The third-order valence-electron chi connectivity index (χ3n) is 3.17. The van der Waals surface area contributed by atoms with Crippen LogP contribution in [0.3, 0.4) is 0 Å². The number of carbonyl (C=O) groups is 1. The molecule has 0 unspecified atom stereocenters. The molecule has 2 aromatic rings. The van der Waals surface area contributed by atoms with E-state index < -0.39 is 0 Å². The lowest BCUT2D eigenvalue weighted by Gasteiger charge is -2.13. The lowest BCUT2D eigenvalue weighted by atomic mass is 10.1. The molecule has 1 amide bonds. The van der Waals surface area contributed by atoms with E-state index in [-0.39, 0.29) is 5.91 Å². The Morgan fingerprint density at radius 3 is 2.59 bits per heavy atom. The highest BCUT2D eigenvalue weighted by Gasteiger charge is 2.14. The van der Waals surface area contributed by atoms with Crippen LogP contribution in [0.4, 0.5) is 5.69 Å². The number of para-hydroxylation sites is 1. The van der Waals surface area contributed by atoms with Crippen LogP contribution in [0.5, 0.6) is 5.75 Å². The van der Waals surface area contributed by atoms with E-state index >= 15 is 0 Å². The standard InChI is InChI=1S/C18H20BrNO2/c1-13(2)10-11-22-17-9-8-14(19)12-16(17)18(21)20-15-6-4-3-5-7-15/h3-9,12-13H,10-11H2,1-2H3,(H,20,21). The molecule has 0 fully saturated rings. The molecule has 3 nitrogen and oxygen atoms in total. The minimum absolute atomic E-state index is 0.174. The van der Waals surface area contributed by atoms with Gasteiger partial charge in [-0.2, -0.15) is 0 Å². The van der Waals surface area contributed by atoms with Gasteiger partial charge < -0.3 is 10.1 Å². The Balaban J connectivity index is 2.13. The van der Waals surface area contributed by atoms with Gasteiger partial charge in [0, 0.05) is 10.2 Å². The van der Waals surface area contributed by atoms with E-state index in [0.29, 0.717) is 23.8 Å². The highest BCUT2D eigenvalue weighted by atomic mass is 79.9. The Bertz CT molecular complexity index is 626.